The molecule has 102 valence electrons. The van der Waals surface area contributed by atoms with Gasteiger partial charge in [0.05, 0.1) is 12.2 Å². The van der Waals surface area contributed by atoms with E-state index < -0.39 is 0 Å². The van der Waals surface area contributed by atoms with Crippen LogP contribution in [0.1, 0.15) is 40.5 Å². The zero-order valence-corrected chi connectivity index (χ0v) is 11.9. The van der Waals surface area contributed by atoms with Crippen molar-refractivity contribution in [3.05, 3.63) is 23.3 Å². The van der Waals surface area contributed by atoms with Crippen LogP contribution in [0.5, 0.6) is 0 Å². The van der Waals surface area contributed by atoms with Crippen LogP contribution < -0.4 is 0 Å². The Kier molecular flexibility index (Phi) is 3.98. The number of aliphatic hydroxyl groups is 2. The average Bonchev–Trinajstić information content (AvgIpc) is 2.31. The zero-order chi connectivity index (χ0) is 13.4. The summed E-state index contributed by atoms with van der Waals surface area (Å²) < 4.78 is 0. The highest BCUT2D eigenvalue weighted by Gasteiger charge is 2.33. The lowest BCUT2D eigenvalue weighted by molar-refractivity contribution is 0.0976. The fourth-order valence-electron chi connectivity index (χ4n) is 3.62. The number of allylic oxidation sites excluding steroid dienone is 2. The lowest BCUT2D eigenvalue weighted by atomic mass is 9.70. The minimum Gasteiger partial charge on any atom is -0.388 e. The molecule has 2 aliphatic carbocycles. The normalized spacial score (nSPS) is 45.4. The van der Waals surface area contributed by atoms with E-state index in [4.69, 9.17) is 0 Å². The molecule has 0 aromatic rings. The molecule has 2 aliphatic rings. The molecule has 0 aliphatic heterocycles. The summed E-state index contributed by atoms with van der Waals surface area (Å²) in [5.74, 6) is 1.73. The Morgan fingerprint density at radius 2 is 1.17 bits per heavy atom. The van der Waals surface area contributed by atoms with Gasteiger partial charge in [0.2, 0.25) is 0 Å². The van der Waals surface area contributed by atoms with Gasteiger partial charge in [0.15, 0.2) is 0 Å². The molecule has 0 saturated carbocycles. The van der Waals surface area contributed by atoms with Crippen LogP contribution in [0.25, 0.3) is 0 Å². The Morgan fingerprint density at radius 3 is 1.44 bits per heavy atom. The van der Waals surface area contributed by atoms with Crippen LogP contribution in [0.2, 0.25) is 0 Å². The highest BCUT2D eigenvalue weighted by atomic mass is 16.3. The van der Waals surface area contributed by atoms with Gasteiger partial charge in [0.25, 0.3) is 0 Å². The van der Waals surface area contributed by atoms with Crippen LogP contribution in [0, 0.1) is 23.7 Å². The van der Waals surface area contributed by atoms with Gasteiger partial charge in [-0.25, -0.2) is 0 Å². The van der Waals surface area contributed by atoms with E-state index in [0.717, 1.165) is 24.0 Å². The largest absolute Gasteiger partial charge is 0.388 e. The maximum absolute atomic E-state index is 9.98. The Hall–Kier alpha value is -0.600. The first-order valence-electron chi connectivity index (χ1n) is 7.13. The van der Waals surface area contributed by atoms with Gasteiger partial charge in [-0.3, -0.25) is 0 Å². The molecule has 2 heteroatoms. The van der Waals surface area contributed by atoms with Crippen LogP contribution in [0.4, 0.5) is 0 Å². The minimum atomic E-state index is -0.266. The smallest absolute Gasteiger partial charge is 0.0773 e. The summed E-state index contributed by atoms with van der Waals surface area (Å²) in [5, 5.41) is 20.0. The Labute approximate surface area is 110 Å². The van der Waals surface area contributed by atoms with Crippen molar-refractivity contribution in [2.45, 2.75) is 52.7 Å². The molecule has 0 radical (unpaired) electrons. The van der Waals surface area contributed by atoms with Gasteiger partial charge < -0.3 is 10.2 Å². The lowest BCUT2D eigenvalue weighted by Gasteiger charge is -2.37. The van der Waals surface area contributed by atoms with Gasteiger partial charge >= 0.3 is 0 Å². The van der Waals surface area contributed by atoms with Gasteiger partial charge in [0.1, 0.15) is 0 Å². The van der Waals surface area contributed by atoms with Crippen molar-refractivity contribution in [2.75, 3.05) is 0 Å². The van der Waals surface area contributed by atoms with E-state index in [1.807, 2.05) is 13.8 Å². The van der Waals surface area contributed by atoms with Gasteiger partial charge in [-0.2, -0.15) is 0 Å². The van der Waals surface area contributed by atoms with Crippen LogP contribution in [0.15, 0.2) is 23.3 Å². The van der Waals surface area contributed by atoms with Gasteiger partial charge in [-0.05, 0) is 61.5 Å². The van der Waals surface area contributed by atoms with Crippen LogP contribution >= 0.6 is 0 Å². The van der Waals surface area contributed by atoms with Crippen molar-refractivity contribution in [3.63, 3.8) is 0 Å². The molecule has 0 aromatic heterocycles. The molecule has 4 unspecified atom stereocenters. The van der Waals surface area contributed by atoms with Crippen LogP contribution in [0.3, 0.4) is 0 Å². The molecule has 0 heterocycles. The minimum absolute atomic E-state index is 0.266. The first-order valence-corrected chi connectivity index (χ1v) is 7.13. The third kappa shape index (κ3) is 2.55. The Morgan fingerprint density at radius 1 is 0.833 bits per heavy atom. The molecule has 0 bridgehead atoms. The molecular weight excluding hydrogens is 224 g/mol. The van der Waals surface area contributed by atoms with E-state index in [-0.39, 0.29) is 12.2 Å². The van der Waals surface area contributed by atoms with E-state index in [1.165, 1.54) is 0 Å². The predicted octanol–water partition coefficient (Wildman–Crippen LogP) is 2.91. The number of hydrogen-bond acceptors (Lipinski definition) is 2. The van der Waals surface area contributed by atoms with Crippen LogP contribution in [-0.4, -0.2) is 22.4 Å². The standard InChI is InChI=1S/C16H26O2/c1-9-5-13(6-10(2)15(9)17)14-7-11(3)16(18)12(4)8-14/h5,7,10,12-18H,6,8H2,1-4H3/t10?,12?,13-,14?,15+,16?/m1/s1. The molecule has 0 amide bonds. The molecule has 0 saturated heterocycles. The molecule has 0 aromatic carbocycles. The summed E-state index contributed by atoms with van der Waals surface area (Å²) in [4.78, 5) is 0. The summed E-state index contributed by atoms with van der Waals surface area (Å²) in [5.41, 5.74) is 2.23. The fourth-order valence-corrected chi connectivity index (χ4v) is 3.62. The predicted molar refractivity (Wildman–Crippen MR) is 74.1 cm³/mol. The summed E-state index contributed by atoms with van der Waals surface area (Å²) in [7, 11) is 0. The highest BCUT2D eigenvalue weighted by molar-refractivity contribution is 5.19. The van der Waals surface area contributed by atoms with Crippen LogP contribution in [-0.2, 0) is 0 Å². The van der Waals surface area contributed by atoms with E-state index >= 15 is 0 Å². The van der Waals surface area contributed by atoms with E-state index in [2.05, 4.69) is 26.0 Å². The van der Waals surface area contributed by atoms with Gasteiger partial charge in [-0.1, -0.05) is 26.0 Å². The molecule has 2 N–H and O–H groups in total. The monoisotopic (exact) mass is 250 g/mol. The maximum Gasteiger partial charge on any atom is 0.0773 e. The second-order valence-corrected chi connectivity index (χ2v) is 6.46. The summed E-state index contributed by atoms with van der Waals surface area (Å²) in [6.07, 6.45) is 6.08. The second-order valence-electron chi connectivity index (χ2n) is 6.46. The van der Waals surface area contributed by atoms with Gasteiger partial charge in [-0.15, -0.1) is 0 Å². The zero-order valence-electron chi connectivity index (χ0n) is 11.9. The van der Waals surface area contributed by atoms with Crippen molar-refractivity contribution >= 4 is 0 Å². The molecule has 0 spiro atoms. The number of aliphatic hydroxyl groups excluding tert-OH is 2. The topological polar surface area (TPSA) is 40.5 Å². The molecular formula is C16H26O2. The Bertz CT molecular complexity index is 333. The van der Waals surface area contributed by atoms with E-state index in [0.29, 0.717) is 23.7 Å². The van der Waals surface area contributed by atoms with Crippen molar-refractivity contribution in [2.24, 2.45) is 23.7 Å². The van der Waals surface area contributed by atoms with Crippen molar-refractivity contribution < 1.29 is 10.2 Å². The maximum atomic E-state index is 9.98. The SMILES string of the molecule is CC1=CC([C@@H]2C=C(C)[C@H](O)C(C)C2)CC(C)C1O. The summed E-state index contributed by atoms with van der Waals surface area (Å²) in [6, 6.07) is 0. The Balaban J connectivity index is 2.18. The third-order valence-corrected chi connectivity index (χ3v) is 4.80. The van der Waals surface area contributed by atoms with Crippen molar-refractivity contribution in [1.29, 1.82) is 0 Å². The quantitative estimate of drug-likeness (QED) is 0.703. The molecule has 6 atom stereocenters. The average molecular weight is 250 g/mol. The number of rotatable bonds is 1. The summed E-state index contributed by atoms with van der Waals surface area (Å²) >= 11 is 0. The first kappa shape index (κ1) is 13.8. The fraction of sp³-hybridized carbons (Fsp3) is 0.750. The molecule has 2 rings (SSSR count). The highest BCUT2D eigenvalue weighted by Crippen LogP contribution is 2.39. The number of hydrogen-bond donors (Lipinski definition) is 2. The molecule has 2 nitrogen and oxygen atoms in total. The van der Waals surface area contributed by atoms with E-state index in [9.17, 15) is 10.2 Å². The first-order chi connectivity index (χ1) is 8.40. The van der Waals surface area contributed by atoms with Crippen molar-refractivity contribution in [1.82, 2.24) is 0 Å². The third-order valence-electron chi connectivity index (χ3n) is 4.80. The molecule has 18 heavy (non-hydrogen) atoms. The van der Waals surface area contributed by atoms with Gasteiger partial charge in [0, 0.05) is 0 Å². The van der Waals surface area contributed by atoms with E-state index in [1.54, 1.807) is 0 Å². The summed E-state index contributed by atoms with van der Waals surface area (Å²) in [6.45, 7) is 8.33. The second kappa shape index (κ2) is 5.18. The lowest BCUT2D eigenvalue weighted by Crippen LogP contribution is -2.33. The molecule has 0 fully saturated rings. The van der Waals surface area contributed by atoms with Crippen molar-refractivity contribution in [3.8, 4) is 0 Å².